The van der Waals surface area contributed by atoms with Gasteiger partial charge in [0.15, 0.2) is 18.1 Å². The van der Waals surface area contributed by atoms with Gasteiger partial charge in [-0.05, 0) is 13.0 Å². The average Bonchev–Trinajstić information content (AvgIpc) is 2.55. The highest BCUT2D eigenvalue weighted by Crippen LogP contribution is 2.33. The fourth-order valence-electron chi connectivity index (χ4n) is 2.13. The zero-order valence-corrected chi connectivity index (χ0v) is 12.9. The molecule has 8 heteroatoms. The van der Waals surface area contributed by atoms with Crippen LogP contribution in [0, 0.1) is 10.1 Å². The molecular formula is C15H19NO7. The van der Waals surface area contributed by atoms with Gasteiger partial charge in [0, 0.05) is 18.9 Å². The number of nitro benzene ring substituents is 1. The fraction of sp³-hybridized carbons (Fsp3) is 0.533. The molecule has 0 radical (unpaired) electrons. The van der Waals surface area contributed by atoms with Crippen molar-refractivity contribution in [2.75, 3.05) is 26.4 Å². The maximum atomic E-state index is 11.4. The summed E-state index contributed by atoms with van der Waals surface area (Å²) in [6, 6.07) is 4.06. The van der Waals surface area contributed by atoms with Crippen LogP contribution in [0.4, 0.5) is 5.69 Å². The summed E-state index contributed by atoms with van der Waals surface area (Å²) in [6.45, 7) is 2.81. The molecule has 0 unspecified atom stereocenters. The van der Waals surface area contributed by atoms with E-state index in [1.807, 2.05) is 0 Å². The average molecular weight is 325 g/mol. The van der Waals surface area contributed by atoms with Crippen LogP contribution in [0.25, 0.3) is 0 Å². The number of carbonyl (C=O) groups excluding carboxylic acids is 1. The van der Waals surface area contributed by atoms with E-state index in [0.717, 1.165) is 12.8 Å². The molecule has 0 bridgehead atoms. The Bertz CT molecular complexity index is 555. The van der Waals surface area contributed by atoms with Crippen molar-refractivity contribution >= 4 is 11.7 Å². The van der Waals surface area contributed by atoms with Gasteiger partial charge in [-0.3, -0.25) is 10.1 Å². The number of benzene rings is 1. The molecule has 8 nitrogen and oxygen atoms in total. The van der Waals surface area contributed by atoms with E-state index < -0.39 is 10.9 Å². The van der Waals surface area contributed by atoms with E-state index in [2.05, 4.69) is 0 Å². The van der Waals surface area contributed by atoms with Crippen LogP contribution < -0.4 is 9.47 Å². The Labute approximate surface area is 133 Å². The largest absolute Gasteiger partial charge is 0.486 e. The summed E-state index contributed by atoms with van der Waals surface area (Å²) in [5.41, 5.74) is -0.136. The van der Waals surface area contributed by atoms with Crippen LogP contribution in [-0.4, -0.2) is 43.4 Å². The summed E-state index contributed by atoms with van der Waals surface area (Å²) in [7, 11) is 0. The van der Waals surface area contributed by atoms with Crippen molar-refractivity contribution < 1.29 is 28.7 Å². The Morgan fingerprint density at radius 2 is 2.09 bits per heavy atom. The standard InChI is InChI=1S/C15H19NO7/c1-2-21-15(17)10-22-14-9-11(16(18)19)3-4-13(14)23-12-5-7-20-8-6-12/h3-4,9,12H,2,5-8,10H2,1H3. The number of esters is 1. The summed E-state index contributed by atoms with van der Waals surface area (Å²) < 4.78 is 21.2. The third-order valence-corrected chi connectivity index (χ3v) is 3.25. The lowest BCUT2D eigenvalue weighted by Crippen LogP contribution is -2.26. The lowest BCUT2D eigenvalue weighted by atomic mass is 10.1. The highest BCUT2D eigenvalue weighted by atomic mass is 16.6. The number of rotatable bonds is 7. The molecule has 1 aliphatic heterocycles. The normalized spacial score (nSPS) is 15.0. The minimum absolute atomic E-state index is 0.0462. The van der Waals surface area contributed by atoms with Crippen molar-refractivity contribution in [1.29, 1.82) is 0 Å². The van der Waals surface area contributed by atoms with Crippen molar-refractivity contribution in [2.45, 2.75) is 25.9 Å². The Balaban J connectivity index is 2.11. The van der Waals surface area contributed by atoms with Crippen molar-refractivity contribution in [1.82, 2.24) is 0 Å². The van der Waals surface area contributed by atoms with Crippen molar-refractivity contribution in [3.05, 3.63) is 28.3 Å². The van der Waals surface area contributed by atoms with Crippen LogP contribution in [0.5, 0.6) is 11.5 Å². The van der Waals surface area contributed by atoms with Gasteiger partial charge < -0.3 is 18.9 Å². The minimum atomic E-state index is -0.545. The zero-order valence-electron chi connectivity index (χ0n) is 12.9. The first kappa shape index (κ1) is 17.0. The van der Waals surface area contributed by atoms with E-state index in [1.54, 1.807) is 6.92 Å². The number of ether oxygens (including phenoxy) is 4. The predicted octanol–water partition coefficient (Wildman–Crippen LogP) is 2.09. The quantitative estimate of drug-likeness (QED) is 0.430. The predicted molar refractivity (Wildman–Crippen MR) is 79.7 cm³/mol. The van der Waals surface area contributed by atoms with Gasteiger partial charge in [0.1, 0.15) is 6.10 Å². The molecule has 0 aromatic heterocycles. The molecule has 1 heterocycles. The van der Waals surface area contributed by atoms with Crippen molar-refractivity contribution in [2.24, 2.45) is 0 Å². The molecule has 1 aromatic rings. The molecule has 0 amide bonds. The number of non-ortho nitro benzene ring substituents is 1. The first-order chi connectivity index (χ1) is 11.1. The van der Waals surface area contributed by atoms with E-state index in [1.165, 1.54) is 18.2 Å². The van der Waals surface area contributed by atoms with Gasteiger partial charge in [-0.1, -0.05) is 0 Å². The van der Waals surface area contributed by atoms with Crippen LogP contribution in [0.15, 0.2) is 18.2 Å². The maximum Gasteiger partial charge on any atom is 0.344 e. The molecular weight excluding hydrogens is 306 g/mol. The number of hydrogen-bond donors (Lipinski definition) is 0. The van der Waals surface area contributed by atoms with Crippen LogP contribution in [-0.2, 0) is 14.3 Å². The van der Waals surface area contributed by atoms with Gasteiger partial charge in [-0.25, -0.2) is 4.79 Å². The van der Waals surface area contributed by atoms with Crippen molar-refractivity contribution in [3.63, 3.8) is 0 Å². The molecule has 1 fully saturated rings. The first-order valence-corrected chi connectivity index (χ1v) is 7.41. The van der Waals surface area contributed by atoms with Crippen molar-refractivity contribution in [3.8, 4) is 11.5 Å². The Kier molecular flexibility index (Phi) is 6.16. The van der Waals surface area contributed by atoms with Crippen LogP contribution in [0.3, 0.4) is 0 Å². The third kappa shape index (κ3) is 5.10. The second kappa shape index (κ2) is 8.33. The molecule has 23 heavy (non-hydrogen) atoms. The molecule has 0 atom stereocenters. The van der Waals surface area contributed by atoms with Gasteiger partial charge >= 0.3 is 5.97 Å². The molecule has 1 saturated heterocycles. The van der Waals surface area contributed by atoms with E-state index in [-0.39, 0.29) is 30.8 Å². The van der Waals surface area contributed by atoms with Gasteiger partial charge in [0.25, 0.3) is 5.69 Å². The zero-order chi connectivity index (χ0) is 16.7. The minimum Gasteiger partial charge on any atom is -0.486 e. The second-order valence-corrected chi connectivity index (χ2v) is 4.91. The Morgan fingerprint density at radius 1 is 1.35 bits per heavy atom. The summed E-state index contributed by atoms with van der Waals surface area (Å²) in [6.07, 6.45) is 1.41. The lowest BCUT2D eigenvalue weighted by Gasteiger charge is -2.24. The summed E-state index contributed by atoms with van der Waals surface area (Å²) in [5.74, 6) is -0.0263. The van der Waals surface area contributed by atoms with E-state index in [0.29, 0.717) is 19.0 Å². The first-order valence-electron chi connectivity index (χ1n) is 7.41. The lowest BCUT2D eigenvalue weighted by molar-refractivity contribution is -0.385. The summed E-state index contributed by atoms with van der Waals surface area (Å²) in [5, 5.41) is 10.9. The highest BCUT2D eigenvalue weighted by Gasteiger charge is 2.20. The topological polar surface area (TPSA) is 97.1 Å². The molecule has 0 aliphatic carbocycles. The molecule has 2 rings (SSSR count). The van der Waals surface area contributed by atoms with E-state index in [4.69, 9.17) is 18.9 Å². The highest BCUT2D eigenvalue weighted by molar-refractivity contribution is 5.71. The van der Waals surface area contributed by atoms with Gasteiger partial charge in [-0.2, -0.15) is 0 Å². The molecule has 0 spiro atoms. The molecule has 1 aliphatic rings. The second-order valence-electron chi connectivity index (χ2n) is 4.91. The van der Waals surface area contributed by atoms with E-state index in [9.17, 15) is 14.9 Å². The number of nitro groups is 1. The monoisotopic (exact) mass is 325 g/mol. The van der Waals surface area contributed by atoms with Gasteiger partial charge in [-0.15, -0.1) is 0 Å². The SMILES string of the molecule is CCOC(=O)COc1cc([N+](=O)[O-])ccc1OC1CCOCC1. The fourth-order valence-corrected chi connectivity index (χ4v) is 2.13. The van der Waals surface area contributed by atoms with E-state index >= 15 is 0 Å². The number of carbonyl (C=O) groups is 1. The molecule has 0 N–H and O–H groups in total. The Hall–Kier alpha value is -2.35. The van der Waals surface area contributed by atoms with Crippen LogP contribution >= 0.6 is 0 Å². The number of nitrogens with zero attached hydrogens (tertiary/aromatic N) is 1. The Morgan fingerprint density at radius 3 is 2.74 bits per heavy atom. The smallest absolute Gasteiger partial charge is 0.344 e. The molecule has 1 aromatic carbocycles. The maximum absolute atomic E-state index is 11.4. The molecule has 126 valence electrons. The number of hydrogen-bond acceptors (Lipinski definition) is 7. The van der Waals surface area contributed by atoms with Gasteiger partial charge in [0.2, 0.25) is 0 Å². The van der Waals surface area contributed by atoms with Crippen LogP contribution in [0.2, 0.25) is 0 Å². The molecule has 0 saturated carbocycles. The van der Waals surface area contributed by atoms with Gasteiger partial charge in [0.05, 0.1) is 30.8 Å². The third-order valence-electron chi connectivity index (χ3n) is 3.25. The van der Waals surface area contributed by atoms with Crippen LogP contribution in [0.1, 0.15) is 19.8 Å². The summed E-state index contributed by atoms with van der Waals surface area (Å²) in [4.78, 5) is 21.8. The summed E-state index contributed by atoms with van der Waals surface area (Å²) >= 11 is 0.